The van der Waals surface area contributed by atoms with Crippen molar-refractivity contribution in [2.75, 3.05) is 37.4 Å². The van der Waals surface area contributed by atoms with Gasteiger partial charge in [-0.05, 0) is 74.1 Å². The molecule has 0 spiro atoms. The highest BCUT2D eigenvalue weighted by Gasteiger charge is 2.31. The molecule has 0 radical (unpaired) electrons. The van der Waals surface area contributed by atoms with Gasteiger partial charge in [0.25, 0.3) is 0 Å². The van der Waals surface area contributed by atoms with Gasteiger partial charge in [-0.15, -0.1) is 0 Å². The van der Waals surface area contributed by atoms with Crippen LogP contribution in [0.3, 0.4) is 0 Å². The highest BCUT2D eigenvalue weighted by molar-refractivity contribution is 5.99. The highest BCUT2D eigenvalue weighted by atomic mass is 16.5. The predicted molar refractivity (Wildman–Crippen MR) is 180 cm³/mol. The lowest BCUT2D eigenvalue weighted by Gasteiger charge is -2.34. The number of fused-ring (bicyclic) bond motifs is 1. The van der Waals surface area contributed by atoms with Crippen molar-refractivity contribution in [1.29, 1.82) is 0 Å². The molecular formula is C37H42N4O5. The Morgan fingerprint density at radius 1 is 0.957 bits per heavy atom. The highest BCUT2D eigenvalue weighted by Crippen LogP contribution is 2.30. The molecule has 9 nitrogen and oxygen atoms in total. The number of aliphatic hydroxyl groups excluding tert-OH is 1. The monoisotopic (exact) mass is 622 g/mol. The fraction of sp³-hybridized carbons (Fsp3) is 0.297. The number of hydrogen-bond acceptors (Lipinski definition) is 6. The minimum absolute atomic E-state index is 0.0255. The molecule has 9 heteroatoms. The molecule has 1 heterocycles. The standard InChI is InChI=1S/C37H42N4O5/c1-26-22-41(27(2)25-42)36(43)21-29-20-31(39-37(44)38-30-10-6-4-7-11-30)16-19-34(29)46-35(26)24-40(3)23-28-14-17-33(18-15-28)45-32-12-8-5-9-13-32/h4-20,26-27,35,42H,21-25H2,1-3H3,(H2,38,39,44)/t26-,27+,35-/m0/s1. The SMILES string of the molecule is C[C@H](CO)N1C[C@H](C)[C@H](CN(C)Cc2ccc(Oc3ccccc3)cc2)Oc2ccc(NC(=O)Nc3ccccc3)cc2CC1=O. The molecule has 0 aliphatic carbocycles. The van der Waals surface area contributed by atoms with E-state index in [9.17, 15) is 14.7 Å². The summed E-state index contributed by atoms with van der Waals surface area (Å²) in [4.78, 5) is 30.2. The molecule has 3 amide bonds. The van der Waals surface area contributed by atoms with Crippen molar-refractivity contribution in [2.24, 2.45) is 5.92 Å². The Balaban J connectivity index is 1.30. The largest absolute Gasteiger partial charge is 0.488 e. The van der Waals surface area contributed by atoms with E-state index in [0.29, 0.717) is 42.3 Å². The number of hydrogen-bond donors (Lipinski definition) is 3. The molecule has 1 aliphatic rings. The molecule has 3 atom stereocenters. The fourth-order valence-corrected chi connectivity index (χ4v) is 5.51. The number of ether oxygens (including phenoxy) is 2. The smallest absolute Gasteiger partial charge is 0.323 e. The quantitative estimate of drug-likeness (QED) is 0.189. The Morgan fingerprint density at radius 3 is 2.30 bits per heavy atom. The third-order valence-corrected chi connectivity index (χ3v) is 8.05. The fourth-order valence-electron chi connectivity index (χ4n) is 5.51. The van der Waals surface area contributed by atoms with Crippen LogP contribution in [0, 0.1) is 5.92 Å². The van der Waals surface area contributed by atoms with Gasteiger partial charge in [0.1, 0.15) is 23.4 Å². The summed E-state index contributed by atoms with van der Waals surface area (Å²) in [5.74, 6) is 2.05. The summed E-state index contributed by atoms with van der Waals surface area (Å²) in [5, 5.41) is 15.6. The van der Waals surface area contributed by atoms with Gasteiger partial charge in [0.15, 0.2) is 0 Å². The molecule has 5 rings (SSSR count). The topological polar surface area (TPSA) is 103 Å². The van der Waals surface area contributed by atoms with Crippen LogP contribution >= 0.6 is 0 Å². The lowest BCUT2D eigenvalue weighted by molar-refractivity contribution is -0.134. The van der Waals surface area contributed by atoms with E-state index in [4.69, 9.17) is 9.47 Å². The maximum atomic E-state index is 13.6. The van der Waals surface area contributed by atoms with Crippen LogP contribution in [0.1, 0.15) is 25.0 Å². The summed E-state index contributed by atoms with van der Waals surface area (Å²) >= 11 is 0. The number of rotatable bonds is 10. The number of aliphatic hydroxyl groups is 1. The number of urea groups is 1. The second-order valence-electron chi connectivity index (χ2n) is 11.9. The number of likely N-dealkylation sites (N-methyl/N-ethyl adjacent to an activating group) is 1. The summed E-state index contributed by atoms with van der Waals surface area (Å²) in [7, 11) is 2.05. The molecule has 0 saturated heterocycles. The van der Waals surface area contributed by atoms with Gasteiger partial charge in [0, 0.05) is 42.5 Å². The number of nitrogens with zero attached hydrogens (tertiary/aromatic N) is 2. The summed E-state index contributed by atoms with van der Waals surface area (Å²) in [6.07, 6.45) is -0.161. The van der Waals surface area contributed by atoms with Crippen molar-refractivity contribution in [1.82, 2.24) is 9.80 Å². The molecule has 0 saturated carbocycles. The number of amides is 3. The Hall–Kier alpha value is -4.86. The van der Waals surface area contributed by atoms with E-state index < -0.39 is 0 Å². The third kappa shape index (κ3) is 8.87. The van der Waals surface area contributed by atoms with Crippen molar-refractivity contribution >= 4 is 23.3 Å². The Morgan fingerprint density at radius 2 is 1.61 bits per heavy atom. The molecule has 240 valence electrons. The first-order valence-electron chi connectivity index (χ1n) is 15.6. The second-order valence-corrected chi connectivity index (χ2v) is 11.9. The van der Waals surface area contributed by atoms with Crippen LogP contribution in [-0.2, 0) is 17.8 Å². The summed E-state index contributed by atoms with van der Waals surface area (Å²) in [6.45, 7) is 5.54. The van der Waals surface area contributed by atoms with Crippen LogP contribution in [0.15, 0.2) is 103 Å². The van der Waals surface area contributed by atoms with Gasteiger partial charge in [-0.25, -0.2) is 4.79 Å². The van der Waals surface area contributed by atoms with E-state index in [-0.39, 0.29) is 43.0 Å². The normalized spacial score (nSPS) is 17.2. The van der Waals surface area contributed by atoms with E-state index in [0.717, 1.165) is 17.1 Å². The molecule has 3 N–H and O–H groups in total. The van der Waals surface area contributed by atoms with Crippen LogP contribution in [0.4, 0.5) is 16.2 Å². The summed E-state index contributed by atoms with van der Waals surface area (Å²) < 4.78 is 12.6. The third-order valence-electron chi connectivity index (χ3n) is 8.05. The first-order valence-corrected chi connectivity index (χ1v) is 15.6. The maximum absolute atomic E-state index is 13.6. The van der Waals surface area contributed by atoms with Crippen LogP contribution in [0.25, 0.3) is 0 Å². The number of nitrogens with one attached hydrogen (secondary N) is 2. The Kier molecular flexibility index (Phi) is 10.9. The van der Waals surface area contributed by atoms with Gasteiger partial charge in [-0.2, -0.15) is 0 Å². The van der Waals surface area contributed by atoms with Crippen molar-refractivity contribution < 1.29 is 24.2 Å². The van der Waals surface area contributed by atoms with E-state index in [1.807, 2.05) is 73.7 Å². The van der Waals surface area contributed by atoms with Crippen LogP contribution < -0.4 is 20.1 Å². The molecule has 46 heavy (non-hydrogen) atoms. The molecule has 4 aromatic carbocycles. The minimum atomic E-state index is -0.384. The minimum Gasteiger partial charge on any atom is -0.488 e. The molecule has 4 aromatic rings. The zero-order valence-corrected chi connectivity index (χ0v) is 26.6. The maximum Gasteiger partial charge on any atom is 0.323 e. The van der Waals surface area contributed by atoms with E-state index >= 15 is 0 Å². The number of anilines is 2. The van der Waals surface area contributed by atoms with Crippen LogP contribution in [-0.4, -0.2) is 65.7 Å². The van der Waals surface area contributed by atoms with Crippen molar-refractivity contribution in [3.8, 4) is 17.2 Å². The molecule has 0 unspecified atom stereocenters. The summed E-state index contributed by atoms with van der Waals surface area (Å²) in [5.41, 5.74) is 3.03. The first-order chi connectivity index (χ1) is 22.3. The van der Waals surface area contributed by atoms with Gasteiger partial charge >= 0.3 is 6.03 Å². The van der Waals surface area contributed by atoms with E-state index in [1.165, 1.54) is 0 Å². The Labute approximate surface area is 270 Å². The molecule has 0 bridgehead atoms. The number of benzene rings is 4. The van der Waals surface area contributed by atoms with Crippen molar-refractivity contribution in [3.63, 3.8) is 0 Å². The van der Waals surface area contributed by atoms with Gasteiger partial charge < -0.3 is 30.1 Å². The van der Waals surface area contributed by atoms with Gasteiger partial charge in [0.2, 0.25) is 5.91 Å². The lowest BCUT2D eigenvalue weighted by atomic mass is 10.0. The van der Waals surface area contributed by atoms with Crippen molar-refractivity contribution in [3.05, 3.63) is 114 Å². The molecule has 0 aromatic heterocycles. The Bertz CT molecular complexity index is 1580. The van der Waals surface area contributed by atoms with E-state index in [2.05, 4.69) is 41.6 Å². The number of carbonyl (C=O) groups excluding carboxylic acids is 2. The van der Waals surface area contributed by atoms with Crippen LogP contribution in [0.2, 0.25) is 0 Å². The first kappa shape index (κ1) is 32.5. The van der Waals surface area contributed by atoms with E-state index in [1.54, 1.807) is 29.2 Å². The lowest BCUT2D eigenvalue weighted by Crippen LogP contribution is -2.47. The average Bonchev–Trinajstić information content (AvgIpc) is 3.09. The molecular weight excluding hydrogens is 580 g/mol. The predicted octanol–water partition coefficient (Wildman–Crippen LogP) is 6.40. The zero-order valence-electron chi connectivity index (χ0n) is 26.6. The zero-order chi connectivity index (χ0) is 32.5. The van der Waals surface area contributed by atoms with Gasteiger partial charge in [-0.3, -0.25) is 9.69 Å². The van der Waals surface area contributed by atoms with Gasteiger partial charge in [0.05, 0.1) is 19.1 Å². The average molecular weight is 623 g/mol. The van der Waals surface area contributed by atoms with Crippen LogP contribution in [0.5, 0.6) is 17.2 Å². The number of para-hydroxylation sites is 2. The number of carbonyl (C=O) groups is 2. The molecule has 0 fully saturated rings. The van der Waals surface area contributed by atoms with Crippen molar-refractivity contribution in [2.45, 2.75) is 39.0 Å². The molecule has 1 aliphatic heterocycles. The summed E-state index contributed by atoms with van der Waals surface area (Å²) in [6, 6.07) is 31.6. The second kappa shape index (κ2) is 15.4. The van der Waals surface area contributed by atoms with Gasteiger partial charge in [-0.1, -0.05) is 55.5 Å².